The van der Waals surface area contributed by atoms with E-state index < -0.39 is 0 Å². The minimum atomic E-state index is 1.09. The van der Waals surface area contributed by atoms with Crippen LogP contribution >= 0.6 is 0 Å². The number of allylic oxidation sites excluding steroid dienone is 4. The Hall–Kier alpha value is -1.15. The predicted molar refractivity (Wildman–Crippen MR) is 83.9 cm³/mol. The molecule has 0 unspecified atom stereocenters. The van der Waals surface area contributed by atoms with Gasteiger partial charge in [-0.15, -0.1) is 0 Å². The smallest absolute Gasteiger partial charge is 0.0645 e. The molecule has 2 heteroatoms. The quantitative estimate of drug-likeness (QED) is 0.752. The van der Waals surface area contributed by atoms with Crippen molar-refractivity contribution in [3.8, 4) is 0 Å². The molecule has 1 saturated heterocycles. The summed E-state index contributed by atoms with van der Waals surface area (Å²) in [5.41, 5.74) is 6.75. The number of hydrogen-bond donors (Lipinski definition) is 0. The summed E-state index contributed by atoms with van der Waals surface area (Å²) < 4.78 is 0. The molecule has 1 fully saturated rings. The van der Waals surface area contributed by atoms with Gasteiger partial charge >= 0.3 is 0 Å². The van der Waals surface area contributed by atoms with Crippen molar-refractivity contribution in [1.82, 2.24) is 4.90 Å². The lowest BCUT2D eigenvalue weighted by molar-refractivity contribution is 0.369. The minimum absolute atomic E-state index is 1.09. The van der Waals surface area contributed by atoms with Crippen LogP contribution in [0.1, 0.15) is 40.0 Å². The molecule has 0 amide bonds. The molecule has 0 aromatic carbocycles. The van der Waals surface area contributed by atoms with E-state index in [1.165, 1.54) is 48.2 Å². The van der Waals surface area contributed by atoms with Gasteiger partial charge in [0.15, 0.2) is 0 Å². The van der Waals surface area contributed by atoms with Crippen LogP contribution in [-0.2, 0) is 0 Å². The van der Waals surface area contributed by atoms with Gasteiger partial charge < -0.3 is 0 Å². The van der Waals surface area contributed by atoms with E-state index in [4.69, 9.17) is 0 Å². The Labute approximate surface area is 117 Å². The van der Waals surface area contributed by atoms with Gasteiger partial charge in [0.25, 0.3) is 0 Å². The van der Waals surface area contributed by atoms with Crippen LogP contribution in [0.4, 0.5) is 0 Å². The van der Waals surface area contributed by atoms with Crippen molar-refractivity contribution in [1.29, 1.82) is 0 Å². The standard InChI is InChI=1S/C17H26N2/c1-5-14-10-16(13(2)3)17(18-4)11-15(14)12-19-8-6-7-9-19/h10-11H,5-9,12H2,1-4H3. The van der Waals surface area contributed by atoms with Crippen molar-refractivity contribution in [3.63, 3.8) is 0 Å². The lowest BCUT2D eigenvalue weighted by Gasteiger charge is -2.23. The molecule has 0 aromatic heterocycles. The zero-order chi connectivity index (χ0) is 13.8. The van der Waals surface area contributed by atoms with Crippen molar-refractivity contribution >= 4 is 5.71 Å². The van der Waals surface area contributed by atoms with Gasteiger partial charge in [0, 0.05) is 13.6 Å². The summed E-state index contributed by atoms with van der Waals surface area (Å²) in [5, 5.41) is 0. The summed E-state index contributed by atoms with van der Waals surface area (Å²) in [6.45, 7) is 10.2. The zero-order valence-corrected chi connectivity index (χ0v) is 12.8. The first kappa shape index (κ1) is 14.3. The first-order valence-corrected chi connectivity index (χ1v) is 7.44. The Kier molecular flexibility index (Phi) is 4.76. The molecule has 1 heterocycles. The predicted octanol–water partition coefficient (Wildman–Crippen LogP) is 3.77. The number of hydrogen-bond acceptors (Lipinski definition) is 2. The van der Waals surface area contributed by atoms with Gasteiger partial charge in [-0.3, -0.25) is 9.89 Å². The van der Waals surface area contributed by atoms with Crippen LogP contribution in [0.3, 0.4) is 0 Å². The molecule has 0 N–H and O–H groups in total. The molecule has 19 heavy (non-hydrogen) atoms. The van der Waals surface area contributed by atoms with E-state index in [1.807, 2.05) is 7.05 Å². The maximum absolute atomic E-state index is 4.46. The third-order valence-electron chi connectivity index (χ3n) is 4.07. The third kappa shape index (κ3) is 3.24. The highest BCUT2D eigenvalue weighted by Gasteiger charge is 2.19. The molecule has 2 aliphatic rings. The number of nitrogens with zero attached hydrogens (tertiary/aromatic N) is 2. The van der Waals surface area contributed by atoms with E-state index in [2.05, 4.69) is 42.8 Å². The summed E-state index contributed by atoms with van der Waals surface area (Å²) in [4.78, 5) is 7.03. The highest BCUT2D eigenvalue weighted by Crippen LogP contribution is 2.27. The molecule has 2 nitrogen and oxygen atoms in total. The number of rotatable bonds is 3. The van der Waals surface area contributed by atoms with Crippen molar-refractivity contribution in [3.05, 3.63) is 34.4 Å². The first-order chi connectivity index (χ1) is 9.15. The highest BCUT2D eigenvalue weighted by atomic mass is 15.1. The van der Waals surface area contributed by atoms with Gasteiger partial charge in [-0.1, -0.05) is 12.5 Å². The fourth-order valence-electron chi connectivity index (χ4n) is 2.92. The fraction of sp³-hybridized carbons (Fsp3) is 0.588. The molecule has 2 rings (SSSR count). The monoisotopic (exact) mass is 258 g/mol. The van der Waals surface area contributed by atoms with E-state index >= 15 is 0 Å². The summed E-state index contributed by atoms with van der Waals surface area (Å²) in [5.74, 6) is 0. The maximum atomic E-state index is 4.46. The van der Waals surface area contributed by atoms with E-state index in [1.54, 1.807) is 0 Å². The third-order valence-corrected chi connectivity index (χ3v) is 4.07. The second-order valence-corrected chi connectivity index (χ2v) is 5.70. The topological polar surface area (TPSA) is 15.6 Å². The van der Waals surface area contributed by atoms with Crippen molar-refractivity contribution in [2.45, 2.75) is 40.0 Å². The van der Waals surface area contributed by atoms with E-state index in [0.29, 0.717) is 0 Å². The summed E-state index contributed by atoms with van der Waals surface area (Å²) >= 11 is 0. The zero-order valence-electron chi connectivity index (χ0n) is 12.8. The van der Waals surface area contributed by atoms with Crippen LogP contribution in [-0.4, -0.2) is 37.3 Å². The summed E-state index contributed by atoms with van der Waals surface area (Å²) in [7, 11) is 1.90. The molecule has 0 atom stereocenters. The van der Waals surface area contributed by atoms with Crippen LogP contribution < -0.4 is 0 Å². The van der Waals surface area contributed by atoms with E-state index in [9.17, 15) is 0 Å². The minimum Gasteiger partial charge on any atom is -0.299 e. The normalized spacial score (nSPS) is 22.7. The molecule has 0 spiro atoms. The maximum Gasteiger partial charge on any atom is 0.0645 e. The van der Waals surface area contributed by atoms with Gasteiger partial charge in [-0.2, -0.15) is 0 Å². The molecule has 0 saturated carbocycles. The average molecular weight is 258 g/mol. The van der Waals surface area contributed by atoms with Gasteiger partial charge in [0.1, 0.15) is 0 Å². The van der Waals surface area contributed by atoms with E-state index in [-0.39, 0.29) is 0 Å². The fourth-order valence-corrected chi connectivity index (χ4v) is 2.92. The molecular formula is C17H26N2. The SMILES string of the molecule is CCC1=CC(=C(C)C)C(=NC)C=C1CN1CCCC1. The molecular weight excluding hydrogens is 232 g/mol. The number of likely N-dealkylation sites (tertiary alicyclic amines) is 1. The van der Waals surface area contributed by atoms with E-state index in [0.717, 1.165) is 18.7 Å². The second-order valence-electron chi connectivity index (χ2n) is 5.70. The molecule has 1 aliphatic carbocycles. The highest BCUT2D eigenvalue weighted by molar-refractivity contribution is 6.13. The first-order valence-electron chi connectivity index (χ1n) is 7.44. The van der Waals surface area contributed by atoms with Crippen molar-refractivity contribution in [2.75, 3.05) is 26.7 Å². The van der Waals surface area contributed by atoms with Crippen LogP contribution in [0, 0.1) is 0 Å². The van der Waals surface area contributed by atoms with Crippen LogP contribution in [0.5, 0.6) is 0 Å². The Morgan fingerprint density at radius 2 is 1.84 bits per heavy atom. The van der Waals surface area contributed by atoms with Crippen LogP contribution in [0.15, 0.2) is 39.4 Å². The van der Waals surface area contributed by atoms with Crippen LogP contribution in [0.2, 0.25) is 0 Å². The van der Waals surface area contributed by atoms with Gasteiger partial charge in [0.2, 0.25) is 0 Å². The second kappa shape index (κ2) is 6.33. The lowest BCUT2D eigenvalue weighted by Crippen LogP contribution is -2.24. The largest absolute Gasteiger partial charge is 0.299 e. The van der Waals surface area contributed by atoms with Gasteiger partial charge in [-0.05, 0) is 75.1 Å². The van der Waals surface area contributed by atoms with Gasteiger partial charge in [-0.25, -0.2) is 0 Å². The molecule has 0 aromatic rings. The number of aliphatic imine (C=N–C) groups is 1. The average Bonchev–Trinajstić information content (AvgIpc) is 2.90. The van der Waals surface area contributed by atoms with Gasteiger partial charge in [0.05, 0.1) is 5.71 Å². The van der Waals surface area contributed by atoms with Crippen molar-refractivity contribution in [2.24, 2.45) is 4.99 Å². The molecule has 104 valence electrons. The molecule has 0 bridgehead atoms. The lowest BCUT2D eigenvalue weighted by atomic mass is 9.89. The summed E-state index contributed by atoms with van der Waals surface area (Å²) in [6, 6.07) is 0. The summed E-state index contributed by atoms with van der Waals surface area (Å²) in [6.07, 6.45) is 8.47. The van der Waals surface area contributed by atoms with Crippen LogP contribution in [0.25, 0.3) is 0 Å². The Balaban J connectivity index is 2.27. The Bertz CT molecular complexity index is 454. The Morgan fingerprint density at radius 1 is 1.16 bits per heavy atom. The molecule has 0 radical (unpaired) electrons. The van der Waals surface area contributed by atoms with Crippen molar-refractivity contribution < 1.29 is 0 Å². The Morgan fingerprint density at radius 3 is 2.37 bits per heavy atom. The molecule has 1 aliphatic heterocycles.